The van der Waals surface area contributed by atoms with Gasteiger partial charge in [-0.25, -0.2) is 0 Å². The number of hydrogen-bond donors (Lipinski definition) is 0. The Balaban J connectivity index is 4.41. The highest BCUT2D eigenvalue weighted by molar-refractivity contribution is 5.71. The fraction of sp³-hybridized carbons (Fsp3) is 0.796. The molecule has 0 aliphatic carbocycles. The third kappa shape index (κ3) is 46.4. The molecule has 348 valence electrons. The molecule has 0 saturated carbocycles. The normalized spacial score (nSPS) is 12.4. The molecule has 0 aliphatic heterocycles. The maximum Gasteiger partial charge on any atom is 0.306 e. The third-order valence-electron chi connectivity index (χ3n) is 11.1. The molecule has 0 aromatic heterocycles. The van der Waals surface area contributed by atoms with Gasteiger partial charge in [0.05, 0.1) is 0 Å². The second kappa shape index (κ2) is 49.0. The molecule has 0 aliphatic rings. The average Bonchev–Trinajstić information content (AvgIpc) is 3.24. The summed E-state index contributed by atoms with van der Waals surface area (Å²) in [6, 6.07) is 0. The van der Waals surface area contributed by atoms with Gasteiger partial charge in [-0.2, -0.15) is 0 Å². The third-order valence-corrected chi connectivity index (χ3v) is 11.1. The predicted molar refractivity (Wildman–Crippen MR) is 256 cm³/mol. The van der Waals surface area contributed by atoms with E-state index in [2.05, 4.69) is 69.4 Å². The number of esters is 3. The van der Waals surface area contributed by atoms with E-state index in [1.165, 1.54) is 135 Å². The quantitative estimate of drug-likeness (QED) is 0.0263. The van der Waals surface area contributed by atoms with Gasteiger partial charge in [0.1, 0.15) is 13.2 Å². The van der Waals surface area contributed by atoms with Gasteiger partial charge in [0.15, 0.2) is 6.10 Å². The zero-order valence-corrected chi connectivity index (χ0v) is 39.7. The first-order valence-corrected chi connectivity index (χ1v) is 25.6. The van der Waals surface area contributed by atoms with Gasteiger partial charge >= 0.3 is 17.9 Å². The van der Waals surface area contributed by atoms with Crippen LogP contribution >= 0.6 is 0 Å². The smallest absolute Gasteiger partial charge is 0.306 e. The van der Waals surface area contributed by atoms with E-state index in [4.69, 9.17) is 14.2 Å². The van der Waals surface area contributed by atoms with Crippen molar-refractivity contribution in [3.8, 4) is 0 Å². The van der Waals surface area contributed by atoms with E-state index in [1.54, 1.807) is 0 Å². The van der Waals surface area contributed by atoms with Crippen LogP contribution in [-0.4, -0.2) is 37.2 Å². The topological polar surface area (TPSA) is 78.9 Å². The van der Waals surface area contributed by atoms with Crippen LogP contribution in [-0.2, 0) is 28.6 Å². The summed E-state index contributed by atoms with van der Waals surface area (Å²) in [6.07, 6.45) is 58.0. The number of unbranched alkanes of at least 4 members (excludes halogenated alkanes) is 27. The van der Waals surface area contributed by atoms with Crippen molar-refractivity contribution in [1.82, 2.24) is 0 Å². The van der Waals surface area contributed by atoms with Crippen molar-refractivity contribution in [3.63, 3.8) is 0 Å². The molecule has 0 N–H and O–H groups in total. The minimum absolute atomic E-state index is 0.0827. The van der Waals surface area contributed by atoms with Crippen molar-refractivity contribution in [3.05, 3.63) is 48.6 Å². The lowest BCUT2D eigenvalue weighted by atomic mass is 10.0. The van der Waals surface area contributed by atoms with Crippen LogP contribution in [0.5, 0.6) is 0 Å². The van der Waals surface area contributed by atoms with Gasteiger partial charge in [-0.05, 0) is 64.2 Å². The van der Waals surface area contributed by atoms with E-state index in [0.717, 1.165) is 83.5 Å². The Morgan fingerprint density at radius 1 is 0.333 bits per heavy atom. The van der Waals surface area contributed by atoms with Gasteiger partial charge in [0.2, 0.25) is 0 Å². The molecule has 6 nitrogen and oxygen atoms in total. The van der Waals surface area contributed by atoms with E-state index < -0.39 is 6.10 Å². The predicted octanol–water partition coefficient (Wildman–Crippen LogP) is 16.7. The highest BCUT2D eigenvalue weighted by Gasteiger charge is 2.19. The first-order chi connectivity index (χ1) is 29.5. The van der Waals surface area contributed by atoms with Gasteiger partial charge in [-0.15, -0.1) is 0 Å². The fourth-order valence-corrected chi connectivity index (χ4v) is 7.19. The van der Waals surface area contributed by atoms with Crippen LogP contribution in [0.3, 0.4) is 0 Å². The van der Waals surface area contributed by atoms with Gasteiger partial charge in [-0.3, -0.25) is 14.4 Å². The number of rotatable bonds is 46. The second-order valence-corrected chi connectivity index (χ2v) is 17.1. The summed E-state index contributed by atoms with van der Waals surface area (Å²) in [6.45, 7) is 6.58. The molecular weight excluding hydrogens is 745 g/mol. The summed E-state index contributed by atoms with van der Waals surface area (Å²) < 4.78 is 16.7. The summed E-state index contributed by atoms with van der Waals surface area (Å²) in [4.78, 5) is 37.9. The summed E-state index contributed by atoms with van der Waals surface area (Å²) in [5.41, 5.74) is 0. The number of ether oxygens (including phenoxy) is 3. The second-order valence-electron chi connectivity index (χ2n) is 17.1. The number of hydrogen-bond acceptors (Lipinski definition) is 6. The van der Waals surface area contributed by atoms with Gasteiger partial charge in [0.25, 0.3) is 0 Å². The first kappa shape index (κ1) is 57.4. The van der Waals surface area contributed by atoms with Crippen molar-refractivity contribution in [2.45, 2.75) is 264 Å². The SMILES string of the molecule is CCCCC/C=C\C/C=C\C/C=C\C/C=C\CCCCCC(=O)O[C@@H](COC(=O)CCCCCCCCCCCCC)COC(=O)CCCCCCCCCCCCCC. The molecule has 0 rings (SSSR count). The van der Waals surface area contributed by atoms with E-state index >= 15 is 0 Å². The molecule has 0 spiro atoms. The largest absolute Gasteiger partial charge is 0.462 e. The molecule has 60 heavy (non-hydrogen) atoms. The van der Waals surface area contributed by atoms with Crippen molar-refractivity contribution in [1.29, 1.82) is 0 Å². The molecule has 0 unspecified atom stereocenters. The maximum absolute atomic E-state index is 12.8. The molecule has 6 heteroatoms. The van der Waals surface area contributed by atoms with Gasteiger partial charge in [-0.1, -0.05) is 223 Å². The Morgan fingerprint density at radius 2 is 0.600 bits per heavy atom. The zero-order chi connectivity index (χ0) is 43.7. The Kier molecular flexibility index (Phi) is 46.9. The standard InChI is InChI=1S/C54H96O6/c1-4-7-10-13-16-19-22-24-25-26-27-28-29-30-33-36-39-42-45-48-54(57)60-51(49-58-52(55)46-43-40-37-34-31-21-18-15-12-9-6-3)50-59-53(56)47-44-41-38-35-32-23-20-17-14-11-8-5-2/h16,19,24-25,27-28,30,33,51H,4-15,17-18,20-23,26,29,31-32,34-50H2,1-3H3/b19-16-,25-24-,28-27-,33-30-/t51-/m0/s1. The van der Waals surface area contributed by atoms with Crippen molar-refractivity contribution >= 4 is 17.9 Å². The Morgan fingerprint density at radius 3 is 0.967 bits per heavy atom. The molecule has 0 aromatic rings. The Bertz CT molecular complexity index is 1060. The highest BCUT2D eigenvalue weighted by atomic mass is 16.6. The van der Waals surface area contributed by atoms with Gasteiger partial charge < -0.3 is 14.2 Å². The summed E-state index contributed by atoms with van der Waals surface area (Å²) >= 11 is 0. The van der Waals surface area contributed by atoms with Crippen molar-refractivity contribution < 1.29 is 28.6 Å². The van der Waals surface area contributed by atoms with E-state index in [-0.39, 0.29) is 31.1 Å². The van der Waals surface area contributed by atoms with Crippen LogP contribution < -0.4 is 0 Å². The lowest BCUT2D eigenvalue weighted by Crippen LogP contribution is -2.30. The van der Waals surface area contributed by atoms with Gasteiger partial charge in [0, 0.05) is 19.3 Å². The van der Waals surface area contributed by atoms with Crippen LogP contribution in [0.4, 0.5) is 0 Å². The molecule has 0 heterocycles. The van der Waals surface area contributed by atoms with Crippen LogP contribution in [0, 0.1) is 0 Å². The van der Waals surface area contributed by atoms with Crippen LogP contribution in [0.25, 0.3) is 0 Å². The number of allylic oxidation sites excluding steroid dienone is 8. The summed E-state index contributed by atoms with van der Waals surface area (Å²) in [5, 5.41) is 0. The summed E-state index contributed by atoms with van der Waals surface area (Å²) in [7, 11) is 0. The molecule has 0 aromatic carbocycles. The Labute approximate surface area is 371 Å². The van der Waals surface area contributed by atoms with Crippen LogP contribution in [0.1, 0.15) is 258 Å². The molecule has 0 amide bonds. The van der Waals surface area contributed by atoms with Crippen molar-refractivity contribution in [2.24, 2.45) is 0 Å². The van der Waals surface area contributed by atoms with E-state index in [9.17, 15) is 14.4 Å². The number of carbonyl (C=O) groups excluding carboxylic acids is 3. The molecule has 0 bridgehead atoms. The molecule has 0 fully saturated rings. The fourth-order valence-electron chi connectivity index (χ4n) is 7.19. The van der Waals surface area contributed by atoms with E-state index in [0.29, 0.717) is 19.3 Å². The molecule has 1 atom stereocenters. The van der Waals surface area contributed by atoms with Crippen LogP contribution in [0.2, 0.25) is 0 Å². The van der Waals surface area contributed by atoms with Crippen LogP contribution in [0.15, 0.2) is 48.6 Å². The number of carbonyl (C=O) groups is 3. The molecular formula is C54H96O6. The minimum Gasteiger partial charge on any atom is -0.462 e. The first-order valence-electron chi connectivity index (χ1n) is 25.6. The monoisotopic (exact) mass is 841 g/mol. The average molecular weight is 841 g/mol. The van der Waals surface area contributed by atoms with E-state index in [1.807, 2.05) is 0 Å². The van der Waals surface area contributed by atoms with Crippen molar-refractivity contribution in [2.75, 3.05) is 13.2 Å². The maximum atomic E-state index is 12.8. The molecule has 0 radical (unpaired) electrons. The highest BCUT2D eigenvalue weighted by Crippen LogP contribution is 2.15. The zero-order valence-electron chi connectivity index (χ0n) is 39.7. The lowest BCUT2D eigenvalue weighted by Gasteiger charge is -2.18. The molecule has 0 saturated heterocycles. The summed E-state index contributed by atoms with van der Waals surface area (Å²) in [5.74, 6) is -0.907. The minimum atomic E-state index is -0.784. The lowest BCUT2D eigenvalue weighted by molar-refractivity contribution is -0.167. The Hall–Kier alpha value is -2.63.